The molecule has 2 aliphatic heterocycles. The van der Waals surface area contributed by atoms with Gasteiger partial charge in [-0.1, -0.05) is 0 Å². The zero-order valence-corrected chi connectivity index (χ0v) is 20.2. The molecule has 0 aliphatic carbocycles. The van der Waals surface area contributed by atoms with Crippen molar-refractivity contribution in [2.24, 2.45) is 5.92 Å². The Morgan fingerprint density at radius 2 is 1.70 bits per heavy atom. The largest absolute Gasteiger partial charge is 0.469 e. The predicted molar refractivity (Wildman–Crippen MR) is 123 cm³/mol. The van der Waals surface area contributed by atoms with Crippen molar-refractivity contribution in [2.45, 2.75) is 64.5 Å². The third kappa shape index (κ3) is 7.33. The van der Waals surface area contributed by atoms with Crippen molar-refractivity contribution < 1.29 is 23.9 Å². The lowest BCUT2D eigenvalue weighted by molar-refractivity contribution is -0.142. The van der Waals surface area contributed by atoms with Gasteiger partial charge in [-0.25, -0.2) is 9.78 Å². The first-order valence-electron chi connectivity index (χ1n) is 11.7. The van der Waals surface area contributed by atoms with E-state index in [-0.39, 0.29) is 29.9 Å². The highest BCUT2D eigenvalue weighted by Crippen LogP contribution is 2.25. The number of rotatable bonds is 5. The van der Waals surface area contributed by atoms with Gasteiger partial charge in [-0.2, -0.15) is 0 Å². The molecule has 1 aromatic heterocycles. The van der Waals surface area contributed by atoms with Gasteiger partial charge in [0.25, 0.3) is 0 Å². The van der Waals surface area contributed by atoms with Crippen LogP contribution in [0.5, 0.6) is 0 Å². The molecular weight excluding hydrogens is 424 g/mol. The van der Waals surface area contributed by atoms with Crippen molar-refractivity contribution in [1.82, 2.24) is 19.4 Å². The van der Waals surface area contributed by atoms with Crippen LogP contribution < -0.4 is 0 Å². The molecule has 0 unspecified atom stereocenters. The van der Waals surface area contributed by atoms with Crippen LogP contribution in [0.25, 0.3) is 6.08 Å². The summed E-state index contributed by atoms with van der Waals surface area (Å²) in [5.74, 6) is 0.0559. The molecule has 0 atom stereocenters. The molecule has 2 fully saturated rings. The van der Waals surface area contributed by atoms with Crippen LogP contribution in [0.4, 0.5) is 4.79 Å². The molecule has 2 amide bonds. The van der Waals surface area contributed by atoms with Crippen molar-refractivity contribution in [2.75, 3.05) is 33.3 Å². The van der Waals surface area contributed by atoms with Gasteiger partial charge in [0.2, 0.25) is 5.91 Å². The van der Waals surface area contributed by atoms with E-state index in [1.165, 1.54) is 7.11 Å². The van der Waals surface area contributed by atoms with E-state index in [1.54, 1.807) is 23.4 Å². The number of hydrogen-bond acceptors (Lipinski definition) is 6. The summed E-state index contributed by atoms with van der Waals surface area (Å²) >= 11 is 0. The fourth-order valence-corrected chi connectivity index (χ4v) is 4.25. The normalized spacial score (nSPS) is 18.5. The lowest BCUT2D eigenvalue weighted by Crippen LogP contribution is -2.42. The van der Waals surface area contributed by atoms with Crippen LogP contribution in [0.3, 0.4) is 0 Å². The van der Waals surface area contributed by atoms with Gasteiger partial charge in [-0.05, 0) is 58.4 Å². The average molecular weight is 461 g/mol. The number of methoxy groups -OCH3 is 1. The number of imidazole rings is 1. The molecule has 0 aromatic carbocycles. The number of ether oxygens (including phenoxy) is 2. The quantitative estimate of drug-likeness (QED) is 0.495. The molecule has 0 spiro atoms. The molecule has 1 aromatic rings. The van der Waals surface area contributed by atoms with E-state index in [0.29, 0.717) is 32.6 Å². The third-order valence-electron chi connectivity index (χ3n) is 6.17. The number of hydrogen-bond donors (Lipinski definition) is 0. The van der Waals surface area contributed by atoms with Crippen molar-refractivity contribution in [1.29, 1.82) is 0 Å². The van der Waals surface area contributed by atoms with E-state index in [2.05, 4.69) is 9.55 Å². The monoisotopic (exact) mass is 460 g/mol. The first-order chi connectivity index (χ1) is 15.6. The molecule has 3 heterocycles. The number of carbonyl (C=O) groups excluding carboxylic acids is 3. The molecular formula is C24H36N4O5. The SMILES string of the molecule is COC(=O)CC1CCN(C(=O)/C=C/c2cn(C3CCN(C(=O)OC(C)(C)C)CC3)cn2)CC1. The Morgan fingerprint density at radius 3 is 2.30 bits per heavy atom. The standard InChI is InChI=1S/C24H36N4O5/c1-24(2,3)33-23(31)27-13-9-20(10-14-27)28-16-19(25-17-28)5-6-21(29)26-11-7-18(8-12-26)15-22(30)32-4/h5-6,16-18,20H,7-15H2,1-4H3/b6-5+. The Morgan fingerprint density at radius 1 is 1.06 bits per heavy atom. The maximum absolute atomic E-state index is 12.5. The van der Waals surface area contributed by atoms with Crippen molar-refractivity contribution in [3.63, 3.8) is 0 Å². The van der Waals surface area contributed by atoms with Crippen LogP contribution in [0.15, 0.2) is 18.6 Å². The number of aromatic nitrogens is 2. The summed E-state index contributed by atoms with van der Waals surface area (Å²) in [6.07, 6.45) is 10.5. The van der Waals surface area contributed by atoms with Crippen LogP contribution in [0.1, 0.15) is 64.6 Å². The van der Waals surface area contributed by atoms with Gasteiger partial charge in [-0.3, -0.25) is 9.59 Å². The van der Waals surface area contributed by atoms with Crippen molar-refractivity contribution in [3.8, 4) is 0 Å². The summed E-state index contributed by atoms with van der Waals surface area (Å²) in [5, 5.41) is 0. The Balaban J connectivity index is 1.45. The van der Waals surface area contributed by atoms with Crippen LogP contribution in [0, 0.1) is 5.92 Å². The van der Waals surface area contributed by atoms with E-state index in [1.807, 2.05) is 31.9 Å². The topological polar surface area (TPSA) is 94.0 Å². The van der Waals surface area contributed by atoms with Crippen molar-refractivity contribution in [3.05, 3.63) is 24.3 Å². The zero-order chi connectivity index (χ0) is 24.0. The molecule has 33 heavy (non-hydrogen) atoms. The number of carbonyl (C=O) groups is 3. The molecule has 3 rings (SSSR count). The van der Waals surface area contributed by atoms with E-state index in [4.69, 9.17) is 9.47 Å². The van der Waals surface area contributed by atoms with Crippen LogP contribution in [0.2, 0.25) is 0 Å². The molecule has 2 saturated heterocycles. The van der Waals surface area contributed by atoms with E-state index < -0.39 is 5.60 Å². The summed E-state index contributed by atoms with van der Waals surface area (Å²) in [6, 6.07) is 0.267. The maximum Gasteiger partial charge on any atom is 0.410 e. The lowest BCUT2D eigenvalue weighted by atomic mass is 9.93. The number of esters is 1. The number of piperidine rings is 2. The Bertz CT molecular complexity index is 856. The lowest BCUT2D eigenvalue weighted by Gasteiger charge is -2.33. The summed E-state index contributed by atoms with van der Waals surface area (Å²) < 4.78 is 12.3. The number of likely N-dealkylation sites (tertiary alicyclic amines) is 2. The van der Waals surface area contributed by atoms with E-state index in [9.17, 15) is 14.4 Å². The van der Waals surface area contributed by atoms with Gasteiger partial charge in [0, 0.05) is 50.9 Å². The highest BCUT2D eigenvalue weighted by atomic mass is 16.6. The minimum absolute atomic E-state index is 0.0354. The molecule has 9 nitrogen and oxygen atoms in total. The minimum Gasteiger partial charge on any atom is -0.469 e. The van der Waals surface area contributed by atoms with Gasteiger partial charge >= 0.3 is 12.1 Å². The molecule has 9 heteroatoms. The molecule has 0 saturated carbocycles. The van der Waals surface area contributed by atoms with Crippen LogP contribution in [-0.4, -0.2) is 76.2 Å². The van der Waals surface area contributed by atoms with Gasteiger partial charge in [0.05, 0.1) is 19.1 Å². The summed E-state index contributed by atoms with van der Waals surface area (Å²) in [5.41, 5.74) is 0.245. The van der Waals surface area contributed by atoms with Crippen LogP contribution >= 0.6 is 0 Å². The minimum atomic E-state index is -0.490. The second-order valence-corrected chi connectivity index (χ2v) is 9.83. The fraction of sp³-hybridized carbons (Fsp3) is 0.667. The summed E-state index contributed by atoms with van der Waals surface area (Å²) in [4.78, 5) is 44.2. The first kappa shape index (κ1) is 24.8. The average Bonchev–Trinajstić information content (AvgIpc) is 3.26. The second kappa shape index (κ2) is 10.9. The highest BCUT2D eigenvalue weighted by Gasteiger charge is 2.27. The summed E-state index contributed by atoms with van der Waals surface area (Å²) in [7, 11) is 1.40. The zero-order valence-electron chi connectivity index (χ0n) is 20.2. The first-order valence-corrected chi connectivity index (χ1v) is 11.7. The van der Waals surface area contributed by atoms with Gasteiger partial charge < -0.3 is 23.8 Å². The van der Waals surface area contributed by atoms with Gasteiger partial charge in [0.1, 0.15) is 5.60 Å². The fourth-order valence-electron chi connectivity index (χ4n) is 4.25. The van der Waals surface area contributed by atoms with Crippen LogP contribution in [-0.2, 0) is 19.1 Å². The Hall–Kier alpha value is -2.84. The predicted octanol–water partition coefficient (Wildman–Crippen LogP) is 3.27. The molecule has 0 bridgehead atoms. The molecule has 0 N–H and O–H groups in total. The Kier molecular flexibility index (Phi) is 8.15. The Labute approximate surface area is 195 Å². The maximum atomic E-state index is 12.5. The van der Waals surface area contributed by atoms with E-state index >= 15 is 0 Å². The second-order valence-electron chi connectivity index (χ2n) is 9.83. The third-order valence-corrected chi connectivity index (χ3v) is 6.17. The molecule has 2 aliphatic rings. The number of nitrogens with zero attached hydrogens (tertiary/aromatic N) is 4. The highest BCUT2D eigenvalue weighted by molar-refractivity contribution is 5.91. The van der Waals surface area contributed by atoms with Crippen molar-refractivity contribution >= 4 is 24.0 Å². The van der Waals surface area contributed by atoms with Gasteiger partial charge in [-0.15, -0.1) is 0 Å². The summed E-state index contributed by atoms with van der Waals surface area (Å²) in [6.45, 7) is 8.20. The molecule has 182 valence electrons. The van der Waals surface area contributed by atoms with Gasteiger partial charge in [0.15, 0.2) is 0 Å². The smallest absolute Gasteiger partial charge is 0.410 e. The molecule has 0 radical (unpaired) electrons. The van der Waals surface area contributed by atoms with E-state index in [0.717, 1.165) is 31.4 Å². The number of amides is 2.